The molecule has 0 unspecified atom stereocenters. The van der Waals surface area contributed by atoms with Crippen LogP contribution in [-0.2, 0) is 4.79 Å². The number of hydrogen-bond acceptors (Lipinski definition) is 4. The minimum absolute atomic E-state index is 0.0848. The second kappa shape index (κ2) is 8.85. The van der Waals surface area contributed by atoms with Crippen LogP contribution in [0.5, 0.6) is 5.75 Å². The molecule has 130 valence electrons. The number of nitriles is 1. The summed E-state index contributed by atoms with van der Waals surface area (Å²) in [6.45, 7) is 0. The number of methoxy groups -OCH3 is 1. The van der Waals surface area contributed by atoms with Gasteiger partial charge in [0, 0.05) is 11.3 Å². The number of carboxylic acid groups (broad SMARTS) is 1. The third kappa shape index (κ3) is 4.82. The second-order valence-corrected chi connectivity index (χ2v) is 5.13. The fraction of sp³-hybridized carbons (Fsp3) is 0.0500. The first-order chi connectivity index (χ1) is 12.5. The summed E-state index contributed by atoms with van der Waals surface area (Å²) in [4.78, 5) is 23.0. The molecule has 26 heavy (non-hydrogen) atoms. The molecule has 2 aromatic carbocycles. The first kappa shape index (κ1) is 18.5. The number of allylic oxidation sites excluding steroid dienone is 2. The summed E-state index contributed by atoms with van der Waals surface area (Å²) < 4.78 is 5.22. The van der Waals surface area contributed by atoms with Crippen LogP contribution in [0.15, 0.2) is 66.3 Å². The van der Waals surface area contributed by atoms with Crippen molar-refractivity contribution in [2.45, 2.75) is 0 Å². The number of benzene rings is 2. The zero-order valence-corrected chi connectivity index (χ0v) is 14.0. The maximum Gasteiger partial charge on any atom is 0.335 e. The van der Waals surface area contributed by atoms with Gasteiger partial charge in [0.1, 0.15) is 17.4 Å². The molecule has 1 amide bonds. The van der Waals surface area contributed by atoms with Crippen LogP contribution in [0.4, 0.5) is 5.69 Å². The van der Waals surface area contributed by atoms with Gasteiger partial charge in [-0.2, -0.15) is 5.26 Å². The van der Waals surface area contributed by atoms with Crippen molar-refractivity contribution in [3.8, 4) is 11.8 Å². The summed E-state index contributed by atoms with van der Waals surface area (Å²) in [5, 5.41) is 20.6. The molecule has 2 N–H and O–H groups in total. The Morgan fingerprint density at radius 1 is 1.15 bits per heavy atom. The Kier molecular flexibility index (Phi) is 6.29. The van der Waals surface area contributed by atoms with Gasteiger partial charge in [0.05, 0.1) is 12.7 Å². The van der Waals surface area contributed by atoms with Crippen LogP contribution in [0.25, 0.3) is 6.08 Å². The molecule has 0 aliphatic rings. The standard InChI is InChI=1S/C20H16N2O4/c1-26-18-8-3-2-5-14(18)6-4-7-16(13-21)19(23)22-17-11-9-15(10-12-17)20(24)25/h2-12H,1H3,(H,22,23)(H,24,25)/b6-4+,16-7+. The molecule has 6 nitrogen and oxygen atoms in total. The largest absolute Gasteiger partial charge is 0.496 e. The van der Waals surface area contributed by atoms with Crippen molar-refractivity contribution in [1.82, 2.24) is 0 Å². The fourth-order valence-corrected chi connectivity index (χ4v) is 2.11. The average Bonchev–Trinajstić information content (AvgIpc) is 2.65. The zero-order chi connectivity index (χ0) is 18.9. The van der Waals surface area contributed by atoms with Crippen molar-refractivity contribution in [3.05, 3.63) is 77.4 Å². The van der Waals surface area contributed by atoms with E-state index in [1.165, 1.54) is 30.3 Å². The van der Waals surface area contributed by atoms with Crippen LogP contribution in [0, 0.1) is 11.3 Å². The number of anilines is 1. The molecular formula is C20H16N2O4. The highest BCUT2D eigenvalue weighted by atomic mass is 16.5. The van der Waals surface area contributed by atoms with Crippen LogP contribution < -0.4 is 10.1 Å². The van der Waals surface area contributed by atoms with Gasteiger partial charge in [-0.1, -0.05) is 30.4 Å². The summed E-state index contributed by atoms with van der Waals surface area (Å²) >= 11 is 0. The summed E-state index contributed by atoms with van der Waals surface area (Å²) in [6, 6.07) is 14.8. The normalized spacial score (nSPS) is 11.0. The number of carbonyl (C=O) groups excluding carboxylic acids is 1. The number of ether oxygens (including phenoxy) is 1. The highest BCUT2D eigenvalue weighted by molar-refractivity contribution is 6.07. The number of carbonyl (C=O) groups is 2. The maximum atomic E-state index is 12.2. The van der Waals surface area contributed by atoms with Gasteiger partial charge in [-0.15, -0.1) is 0 Å². The third-order valence-electron chi connectivity index (χ3n) is 3.43. The molecule has 0 heterocycles. The van der Waals surface area contributed by atoms with E-state index in [2.05, 4.69) is 5.32 Å². The Morgan fingerprint density at radius 2 is 1.85 bits per heavy atom. The van der Waals surface area contributed by atoms with E-state index in [1.807, 2.05) is 30.3 Å². The van der Waals surface area contributed by atoms with Crippen molar-refractivity contribution < 1.29 is 19.4 Å². The number of rotatable bonds is 6. The molecule has 0 saturated heterocycles. The van der Waals surface area contributed by atoms with E-state index in [0.29, 0.717) is 11.4 Å². The minimum Gasteiger partial charge on any atom is -0.496 e. The van der Waals surface area contributed by atoms with Gasteiger partial charge in [0.2, 0.25) is 0 Å². The predicted molar refractivity (Wildman–Crippen MR) is 97.8 cm³/mol. The van der Waals surface area contributed by atoms with Crippen molar-refractivity contribution in [2.75, 3.05) is 12.4 Å². The van der Waals surface area contributed by atoms with E-state index in [9.17, 15) is 14.9 Å². The highest BCUT2D eigenvalue weighted by Gasteiger charge is 2.09. The van der Waals surface area contributed by atoms with Crippen LogP contribution in [-0.4, -0.2) is 24.1 Å². The van der Waals surface area contributed by atoms with Gasteiger partial charge in [0.15, 0.2) is 0 Å². The highest BCUT2D eigenvalue weighted by Crippen LogP contribution is 2.18. The number of carboxylic acids is 1. The summed E-state index contributed by atoms with van der Waals surface area (Å²) in [5.41, 5.74) is 1.24. The second-order valence-electron chi connectivity index (χ2n) is 5.13. The van der Waals surface area contributed by atoms with Crippen LogP contribution in [0.2, 0.25) is 0 Å². The Hall–Kier alpha value is -3.85. The van der Waals surface area contributed by atoms with E-state index >= 15 is 0 Å². The fourth-order valence-electron chi connectivity index (χ4n) is 2.11. The van der Waals surface area contributed by atoms with Crippen molar-refractivity contribution in [3.63, 3.8) is 0 Å². The lowest BCUT2D eigenvalue weighted by Gasteiger charge is -2.04. The smallest absolute Gasteiger partial charge is 0.335 e. The molecule has 0 aliphatic heterocycles. The lowest BCUT2D eigenvalue weighted by Crippen LogP contribution is -2.13. The molecule has 6 heteroatoms. The minimum atomic E-state index is -1.05. The molecule has 2 rings (SSSR count). The molecule has 0 spiro atoms. The summed E-state index contributed by atoms with van der Waals surface area (Å²) in [6.07, 6.45) is 4.71. The molecule has 0 aliphatic carbocycles. The van der Waals surface area contributed by atoms with E-state index in [4.69, 9.17) is 9.84 Å². The Bertz CT molecular complexity index is 906. The number of para-hydroxylation sites is 1. The summed E-state index contributed by atoms with van der Waals surface area (Å²) in [5.74, 6) is -0.958. The molecule has 0 saturated carbocycles. The topological polar surface area (TPSA) is 99.4 Å². The van der Waals surface area contributed by atoms with Gasteiger partial charge in [0.25, 0.3) is 5.91 Å². The molecular weight excluding hydrogens is 332 g/mol. The monoisotopic (exact) mass is 348 g/mol. The van der Waals surface area contributed by atoms with Crippen molar-refractivity contribution in [1.29, 1.82) is 5.26 Å². The van der Waals surface area contributed by atoms with Gasteiger partial charge in [-0.25, -0.2) is 4.79 Å². The third-order valence-corrected chi connectivity index (χ3v) is 3.43. The van der Waals surface area contributed by atoms with E-state index in [-0.39, 0.29) is 11.1 Å². The van der Waals surface area contributed by atoms with Crippen molar-refractivity contribution >= 4 is 23.6 Å². The Balaban J connectivity index is 2.10. The number of nitrogens with zero attached hydrogens (tertiary/aromatic N) is 1. The molecule has 0 fully saturated rings. The number of hydrogen-bond donors (Lipinski definition) is 2. The van der Waals surface area contributed by atoms with Crippen LogP contribution in [0.1, 0.15) is 15.9 Å². The molecule has 0 radical (unpaired) electrons. The SMILES string of the molecule is COc1ccccc1/C=C/C=C(\C#N)C(=O)Nc1ccc(C(=O)O)cc1. The molecule has 2 aromatic rings. The maximum absolute atomic E-state index is 12.2. The van der Waals surface area contributed by atoms with Gasteiger partial charge in [-0.3, -0.25) is 4.79 Å². The van der Waals surface area contributed by atoms with Gasteiger partial charge < -0.3 is 15.2 Å². The van der Waals surface area contributed by atoms with E-state index < -0.39 is 11.9 Å². The molecule has 0 aromatic heterocycles. The van der Waals surface area contributed by atoms with Crippen LogP contribution in [0.3, 0.4) is 0 Å². The van der Waals surface area contributed by atoms with E-state index in [0.717, 1.165) is 5.56 Å². The lowest BCUT2D eigenvalue weighted by atomic mass is 10.1. The summed E-state index contributed by atoms with van der Waals surface area (Å²) in [7, 11) is 1.56. The number of aromatic carboxylic acids is 1. The Labute approximate surface area is 150 Å². The van der Waals surface area contributed by atoms with Crippen molar-refractivity contribution in [2.24, 2.45) is 0 Å². The van der Waals surface area contributed by atoms with Gasteiger partial charge in [-0.05, 0) is 36.4 Å². The lowest BCUT2D eigenvalue weighted by molar-refractivity contribution is -0.112. The number of nitrogens with one attached hydrogen (secondary N) is 1. The average molecular weight is 348 g/mol. The predicted octanol–water partition coefficient (Wildman–Crippen LogP) is 3.50. The number of amides is 1. The Morgan fingerprint density at radius 3 is 2.46 bits per heavy atom. The van der Waals surface area contributed by atoms with Crippen LogP contribution >= 0.6 is 0 Å². The van der Waals surface area contributed by atoms with E-state index in [1.54, 1.807) is 19.3 Å². The zero-order valence-electron chi connectivity index (χ0n) is 14.0. The molecule has 0 bridgehead atoms. The first-order valence-electron chi connectivity index (χ1n) is 7.61. The quantitative estimate of drug-likeness (QED) is 0.473. The molecule has 0 atom stereocenters. The first-order valence-corrected chi connectivity index (χ1v) is 7.61. The van der Waals surface area contributed by atoms with Gasteiger partial charge >= 0.3 is 5.97 Å².